The van der Waals surface area contributed by atoms with Gasteiger partial charge < -0.3 is 10.1 Å². The number of anilines is 1. The number of nitrogens with zero attached hydrogens (tertiary/aromatic N) is 2. The monoisotopic (exact) mass is 383 g/mol. The molecule has 1 aromatic carbocycles. The van der Waals surface area contributed by atoms with Crippen LogP contribution in [0.15, 0.2) is 52.9 Å². The predicted molar refractivity (Wildman–Crippen MR) is 105 cm³/mol. The van der Waals surface area contributed by atoms with Gasteiger partial charge in [0, 0.05) is 11.8 Å². The maximum Gasteiger partial charge on any atom is 0.330 e. The topological polar surface area (TPSA) is 90.3 Å². The summed E-state index contributed by atoms with van der Waals surface area (Å²) in [7, 11) is 0. The van der Waals surface area contributed by atoms with E-state index in [9.17, 15) is 14.4 Å². The summed E-state index contributed by atoms with van der Waals surface area (Å²) in [6.07, 6.45) is 4.35. The Morgan fingerprint density at radius 3 is 2.78 bits per heavy atom. The molecule has 0 aliphatic rings. The Bertz CT molecular complexity index is 1050. The minimum absolute atomic E-state index is 0.121. The quantitative estimate of drug-likeness (QED) is 0.522. The van der Waals surface area contributed by atoms with Crippen molar-refractivity contribution in [3.8, 4) is 0 Å². The zero-order valence-electron chi connectivity index (χ0n) is 14.5. The maximum atomic E-state index is 12.3. The molecule has 0 radical (unpaired) electrons. The van der Waals surface area contributed by atoms with Crippen LogP contribution >= 0.6 is 11.3 Å². The van der Waals surface area contributed by atoms with Crippen molar-refractivity contribution in [1.29, 1.82) is 0 Å². The Hall–Kier alpha value is -3.26. The van der Waals surface area contributed by atoms with Crippen LogP contribution in [0.5, 0.6) is 0 Å². The Labute approximate surface area is 158 Å². The van der Waals surface area contributed by atoms with Crippen molar-refractivity contribution in [2.24, 2.45) is 0 Å². The number of hydrogen-bond acceptors (Lipinski definition) is 6. The second kappa shape index (κ2) is 8.41. The second-order valence-electron chi connectivity index (χ2n) is 5.57. The van der Waals surface area contributed by atoms with Crippen LogP contribution in [0.2, 0.25) is 0 Å². The van der Waals surface area contributed by atoms with E-state index in [1.807, 2.05) is 0 Å². The molecule has 1 amide bonds. The first-order chi connectivity index (χ1) is 13.1. The summed E-state index contributed by atoms with van der Waals surface area (Å²) >= 11 is 1.30. The van der Waals surface area contributed by atoms with Crippen LogP contribution in [0.4, 0.5) is 5.69 Å². The molecule has 2 aromatic heterocycles. The highest BCUT2D eigenvalue weighted by Crippen LogP contribution is 2.14. The lowest BCUT2D eigenvalue weighted by Crippen LogP contribution is -2.27. The van der Waals surface area contributed by atoms with Gasteiger partial charge in [-0.3, -0.25) is 14.2 Å². The molecular formula is C19H17N3O4S. The van der Waals surface area contributed by atoms with Gasteiger partial charge in [0.2, 0.25) is 5.91 Å². The molecular weight excluding hydrogens is 366 g/mol. The molecule has 0 unspecified atom stereocenters. The highest BCUT2D eigenvalue weighted by Gasteiger charge is 2.09. The largest absolute Gasteiger partial charge is 0.463 e. The molecule has 0 fully saturated rings. The third-order valence-electron chi connectivity index (χ3n) is 3.64. The molecule has 1 N–H and O–H groups in total. The van der Waals surface area contributed by atoms with Gasteiger partial charge in [0.25, 0.3) is 5.56 Å². The molecule has 0 bridgehead atoms. The van der Waals surface area contributed by atoms with Gasteiger partial charge in [0.1, 0.15) is 11.2 Å². The number of thiophene rings is 1. The van der Waals surface area contributed by atoms with Crippen molar-refractivity contribution in [2.45, 2.75) is 13.5 Å². The lowest BCUT2D eigenvalue weighted by atomic mass is 10.2. The van der Waals surface area contributed by atoms with Crippen molar-refractivity contribution in [2.75, 3.05) is 11.9 Å². The molecule has 3 rings (SSSR count). The van der Waals surface area contributed by atoms with E-state index in [0.717, 1.165) is 5.56 Å². The number of aromatic nitrogens is 2. The van der Waals surface area contributed by atoms with Gasteiger partial charge >= 0.3 is 5.97 Å². The lowest BCUT2D eigenvalue weighted by molar-refractivity contribution is -0.137. The molecule has 0 aliphatic heterocycles. The average Bonchev–Trinajstić information content (AvgIpc) is 3.13. The van der Waals surface area contributed by atoms with E-state index in [1.165, 1.54) is 28.3 Å². The summed E-state index contributed by atoms with van der Waals surface area (Å²) < 4.78 is 6.63. The van der Waals surface area contributed by atoms with Crippen molar-refractivity contribution in [3.63, 3.8) is 0 Å². The number of benzene rings is 1. The van der Waals surface area contributed by atoms with E-state index in [1.54, 1.807) is 48.7 Å². The van der Waals surface area contributed by atoms with Gasteiger partial charge in [-0.25, -0.2) is 9.78 Å². The maximum absolute atomic E-state index is 12.3. The zero-order valence-corrected chi connectivity index (χ0v) is 15.4. The van der Waals surface area contributed by atoms with Crippen LogP contribution < -0.4 is 10.9 Å². The molecule has 138 valence electrons. The van der Waals surface area contributed by atoms with Crippen LogP contribution in [0.1, 0.15) is 12.5 Å². The first-order valence-electron chi connectivity index (χ1n) is 8.24. The zero-order chi connectivity index (χ0) is 19.2. The van der Waals surface area contributed by atoms with Gasteiger partial charge in [-0.2, -0.15) is 0 Å². The van der Waals surface area contributed by atoms with Crippen LogP contribution in [0.3, 0.4) is 0 Å². The Kier molecular flexibility index (Phi) is 5.77. The molecule has 27 heavy (non-hydrogen) atoms. The van der Waals surface area contributed by atoms with Gasteiger partial charge in [-0.15, -0.1) is 11.3 Å². The van der Waals surface area contributed by atoms with E-state index >= 15 is 0 Å². The van der Waals surface area contributed by atoms with E-state index in [-0.39, 0.29) is 18.0 Å². The van der Waals surface area contributed by atoms with Crippen molar-refractivity contribution in [3.05, 3.63) is 64.0 Å². The summed E-state index contributed by atoms with van der Waals surface area (Å²) in [5.74, 6) is -0.735. The second-order valence-corrected chi connectivity index (χ2v) is 6.48. The van der Waals surface area contributed by atoms with E-state index in [4.69, 9.17) is 4.74 Å². The highest BCUT2D eigenvalue weighted by molar-refractivity contribution is 7.17. The van der Waals surface area contributed by atoms with Gasteiger partial charge in [-0.05, 0) is 42.1 Å². The van der Waals surface area contributed by atoms with E-state index < -0.39 is 5.97 Å². The van der Waals surface area contributed by atoms with Crippen LogP contribution in [0, 0.1) is 0 Å². The third kappa shape index (κ3) is 4.68. The number of hydrogen-bond donors (Lipinski definition) is 1. The Morgan fingerprint density at radius 1 is 1.26 bits per heavy atom. The SMILES string of the molecule is CCOC(=O)/C=C/c1ccc(NC(=O)Cn2cnc3ccsc3c2=O)cc1. The summed E-state index contributed by atoms with van der Waals surface area (Å²) in [5.41, 5.74) is 1.79. The van der Waals surface area contributed by atoms with Crippen LogP contribution in [0.25, 0.3) is 16.3 Å². The molecule has 7 nitrogen and oxygen atoms in total. The number of carbonyl (C=O) groups is 2. The molecule has 0 saturated carbocycles. The standard InChI is InChI=1S/C19H17N3O4S/c1-2-26-17(24)8-5-13-3-6-14(7-4-13)21-16(23)11-22-12-20-15-9-10-27-18(15)19(22)25/h3-10,12H,2,11H2,1H3,(H,21,23)/b8-5+. The summed E-state index contributed by atoms with van der Waals surface area (Å²) in [4.78, 5) is 40.0. The molecule has 0 saturated heterocycles. The lowest BCUT2D eigenvalue weighted by Gasteiger charge is -2.07. The van der Waals surface area contributed by atoms with Crippen LogP contribution in [-0.2, 0) is 20.9 Å². The molecule has 8 heteroatoms. The molecule has 0 aliphatic carbocycles. The van der Waals surface area contributed by atoms with E-state index in [2.05, 4.69) is 10.3 Å². The summed E-state index contributed by atoms with van der Waals surface area (Å²) in [6, 6.07) is 8.72. The van der Waals surface area contributed by atoms with E-state index in [0.29, 0.717) is 22.5 Å². The fraction of sp³-hybridized carbons (Fsp3) is 0.158. The smallest absolute Gasteiger partial charge is 0.330 e. The van der Waals surface area contributed by atoms with Crippen molar-refractivity contribution in [1.82, 2.24) is 9.55 Å². The molecule has 0 atom stereocenters. The number of carbonyl (C=O) groups excluding carboxylic acids is 2. The summed E-state index contributed by atoms with van der Waals surface area (Å²) in [5, 5.41) is 4.53. The highest BCUT2D eigenvalue weighted by atomic mass is 32.1. The molecule has 0 spiro atoms. The van der Waals surface area contributed by atoms with Crippen molar-refractivity contribution >= 4 is 45.2 Å². The number of rotatable bonds is 6. The number of fused-ring (bicyclic) bond motifs is 1. The van der Waals surface area contributed by atoms with Crippen molar-refractivity contribution < 1.29 is 14.3 Å². The first-order valence-corrected chi connectivity index (χ1v) is 9.12. The number of amides is 1. The third-order valence-corrected chi connectivity index (χ3v) is 4.53. The van der Waals surface area contributed by atoms with Gasteiger partial charge in [0.05, 0.1) is 18.5 Å². The summed E-state index contributed by atoms with van der Waals surface area (Å²) in [6.45, 7) is 1.95. The first kappa shape index (κ1) is 18.5. The molecule has 3 aromatic rings. The number of esters is 1. The normalized spacial score (nSPS) is 11.0. The fourth-order valence-corrected chi connectivity index (χ4v) is 3.17. The average molecular weight is 383 g/mol. The minimum Gasteiger partial charge on any atom is -0.463 e. The molecule has 2 heterocycles. The minimum atomic E-state index is -0.406. The van der Waals surface area contributed by atoms with Gasteiger partial charge in [0.15, 0.2) is 0 Å². The Morgan fingerprint density at radius 2 is 2.04 bits per heavy atom. The van der Waals surface area contributed by atoms with Crippen LogP contribution in [-0.4, -0.2) is 28.0 Å². The fourth-order valence-electron chi connectivity index (χ4n) is 2.38. The number of nitrogens with one attached hydrogen (secondary N) is 1. The predicted octanol–water partition coefficient (Wildman–Crippen LogP) is 2.67. The van der Waals surface area contributed by atoms with Gasteiger partial charge in [-0.1, -0.05) is 12.1 Å². The number of ether oxygens (including phenoxy) is 1. The Balaban J connectivity index is 1.63.